The molecule has 4 atom stereocenters. The van der Waals surface area contributed by atoms with Gasteiger partial charge in [-0.05, 0) is 93.9 Å². The van der Waals surface area contributed by atoms with Crippen molar-refractivity contribution in [2.75, 3.05) is 13.2 Å². The van der Waals surface area contributed by atoms with Gasteiger partial charge in [0, 0.05) is 11.1 Å². The molecule has 0 saturated carbocycles. The number of hydrogen-bond donors (Lipinski definition) is 2. The quantitative estimate of drug-likeness (QED) is 0.0366. The maximum atomic E-state index is 14.5. The molecule has 0 bridgehead atoms. The number of nitrogens with zero attached hydrogens (tertiary/aromatic N) is 2. The summed E-state index contributed by atoms with van der Waals surface area (Å²) >= 11 is 0. The van der Waals surface area contributed by atoms with Crippen LogP contribution in [0.5, 0.6) is 0 Å². The topological polar surface area (TPSA) is 152 Å². The molecule has 0 aromatic heterocycles. The van der Waals surface area contributed by atoms with E-state index in [4.69, 9.17) is 18.9 Å². The molecule has 2 aliphatic rings. The van der Waals surface area contributed by atoms with Crippen molar-refractivity contribution < 1.29 is 48.5 Å². The van der Waals surface area contributed by atoms with Crippen LogP contribution < -0.4 is 0 Å². The minimum atomic E-state index is -1.43. The van der Waals surface area contributed by atoms with Gasteiger partial charge in [-0.1, -0.05) is 142 Å². The van der Waals surface area contributed by atoms with Gasteiger partial charge in [0.15, 0.2) is 0 Å². The van der Waals surface area contributed by atoms with Crippen molar-refractivity contribution in [1.29, 1.82) is 0 Å². The normalized spacial score (nSPS) is 21.4. The van der Waals surface area contributed by atoms with Crippen LogP contribution in [0.15, 0.2) is 0 Å². The van der Waals surface area contributed by atoms with Crippen molar-refractivity contribution in [2.45, 2.75) is 283 Å². The third-order valence-corrected chi connectivity index (χ3v) is 14.3. The number of carbonyl (C=O) groups is 4. The van der Waals surface area contributed by atoms with Crippen molar-refractivity contribution in [2.24, 2.45) is 11.8 Å². The van der Waals surface area contributed by atoms with Gasteiger partial charge in [-0.2, -0.15) is 10.1 Å². The molecule has 0 spiro atoms. The van der Waals surface area contributed by atoms with E-state index in [0.29, 0.717) is 38.5 Å². The third-order valence-electron chi connectivity index (χ3n) is 14.3. The van der Waals surface area contributed by atoms with Crippen LogP contribution in [0.4, 0.5) is 0 Å². The SMILES string of the molecule is CCCCCCCCCCCCCOC(=O)CC(C(=O)OCCCCCCCCCCCCC)C(CC(=O)OC1CCC(C)(C)N(O)C1(C)C)C(=O)OC1CCC(C)(C)N(O)C1(C)C. The average Bonchev–Trinajstić information content (AvgIpc) is 3.23. The summed E-state index contributed by atoms with van der Waals surface area (Å²) in [6.07, 6.45) is 24.7. The minimum absolute atomic E-state index is 0.120. The summed E-state index contributed by atoms with van der Waals surface area (Å²) < 4.78 is 23.7. The smallest absolute Gasteiger partial charge is 0.310 e. The number of ether oxygens (including phenoxy) is 4. The molecule has 2 fully saturated rings. The molecular weight excluding hydrogens is 813 g/mol. The number of esters is 4. The lowest BCUT2D eigenvalue weighted by molar-refractivity contribution is -0.274. The van der Waals surface area contributed by atoms with Gasteiger partial charge in [0.25, 0.3) is 0 Å². The van der Waals surface area contributed by atoms with E-state index in [1.54, 1.807) is 27.7 Å². The molecule has 2 saturated heterocycles. The van der Waals surface area contributed by atoms with Crippen LogP contribution >= 0.6 is 0 Å². The molecule has 2 N–H and O–H groups in total. The first-order valence-electron chi connectivity index (χ1n) is 25.9. The first kappa shape index (κ1) is 57.8. The molecule has 374 valence electrons. The Kier molecular flexibility index (Phi) is 26.6. The van der Waals surface area contributed by atoms with Gasteiger partial charge >= 0.3 is 23.9 Å². The summed E-state index contributed by atoms with van der Waals surface area (Å²) in [5, 5.41) is 24.7. The maximum absolute atomic E-state index is 14.5. The fraction of sp³-hybridized carbons (Fsp3) is 0.923. The molecule has 0 aliphatic carbocycles. The molecule has 2 aliphatic heterocycles. The van der Waals surface area contributed by atoms with E-state index in [1.807, 2.05) is 27.7 Å². The Hall–Kier alpha value is -2.28. The van der Waals surface area contributed by atoms with Crippen molar-refractivity contribution in [3.05, 3.63) is 0 Å². The fourth-order valence-electron chi connectivity index (χ4n) is 9.76. The van der Waals surface area contributed by atoms with E-state index in [2.05, 4.69) is 13.8 Å². The highest BCUT2D eigenvalue weighted by molar-refractivity contribution is 5.88. The number of hydrogen-bond acceptors (Lipinski definition) is 12. The molecule has 12 heteroatoms. The van der Waals surface area contributed by atoms with Crippen LogP contribution in [0.2, 0.25) is 0 Å². The summed E-state index contributed by atoms with van der Waals surface area (Å²) in [4.78, 5) is 56.2. The van der Waals surface area contributed by atoms with Crippen LogP contribution in [0.1, 0.15) is 249 Å². The lowest BCUT2D eigenvalue weighted by Crippen LogP contribution is -2.64. The summed E-state index contributed by atoms with van der Waals surface area (Å²) in [7, 11) is 0. The molecular formula is C52H96N2O10. The minimum Gasteiger partial charge on any atom is -0.466 e. The van der Waals surface area contributed by atoms with Crippen LogP contribution in [0.3, 0.4) is 0 Å². The molecule has 64 heavy (non-hydrogen) atoms. The van der Waals surface area contributed by atoms with Crippen molar-refractivity contribution >= 4 is 23.9 Å². The Morgan fingerprint density at radius 1 is 0.469 bits per heavy atom. The lowest BCUT2D eigenvalue weighted by Gasteiger charge is -2.52. The molecule has 2 rings (SSSR count). The Morgan fingerprint density at radius 3 is 1.20 bits per heavy atom. The Balaban J connectivity index is 2.22. The van der Waals surface area contributed by atoms with Gasteiger partial charge in [-0.25, -0.2) is 0 Å². The lowest BCUT2D eigenvalue weighted by atomic mass is 9.79. The fourth-order valence-corrected chi connectivity index (χ4v) is 9.76. The maximum Gasteiger partial charge on any atom is 0.310 e. The highest BCUT2D eigenvalue weighted by Crippen LogP contribution is 2.41. The molecule has 2 heterocycles. The summed E-state index contributed by atoms with van der Waals surface area (Å²) in [6, 6.07) is 0. The zero-order valence-corrected chi connectivity index (χ0v) is 42.6. The van der Waals surface area contributed by atoms with Crippen molar-refractivity contribution in [1.82, 2.24) is 10.1 Å². The molecule has 4 unspecified atom stereocenters. The second-order valence-corrected chi connectivity index (χ2v) is 21.6. The monoisotopic (exact) mass is 909 g/mol. The van der Waals surface area contributed by atoms with Gasteiger partial charge < -0.3 is 29.4 Å². The molecule has 0 radical (unpaired) electrons. The molecule has 12 nitrogen and oxygen atoms in total. The zero-order valence-electron chi connectivity index (χ0n) is 42.6. The van der Waals surface area contributed by atoms with E-state index in [-0.39, 0.29) is 13.2 Å². The predicted molar refractivity (Wildman–Crippen MR) is 253 cm³/mol. The third kappa shape index (κ3) is 19.9. The van der Waals surface area contributed by atoms with Crippen LogP contribution in [-0.2, 0) is 38.1 Å². The highest BCUT2D eigenvalue weighted by atomic mass is 16.6. The van der Waals surface area contributed by atoms with E-state index in [1.165, 1.54) is 100 Å². The standard InChI is InChI=1S/C52H96N2O10/c1-11-13-15-17-19-21-23-25-27-29-31-37-61-45(55)39-41(47(57)62-38-32-30-28-26-24-22-20-18-16-14-12-2)42(48(58)64-44-34-36-50(5,6)54(60)52(44,9)10)40-46(56)63-43-33-35-49(3,4)53(59)51(43,7)8/h41-44,59-60H,11-40H2,1-10H3. The Labute approximate surface area is 389 Å². The summed E-state index contributed by atoms with van der Waals surface area (Å²) in [5.41, 5.74) is -3.06. The zero-order chi connectivity index (χ0) is 47.8. The Morgan fingerprint density at radius 2 is 0.797 bits per heavy atom. The number of rotatable bonds is 33. The van der Waals surface area contributed by atoms with E-state index < -0.39 is 82.9 Å². The van der Waals surface area contributed by atoms with Crippen LogP contribution in [0, 0.1) is 11.8 Å². The first-order chi connectivity index (χ1) is 30.2. The number of carbonyl (C=O) groups excluding carboxylic acids is 4. The molecule has 0 amide bonds. The predicted octanol–water partition coefficient (Wildman–Crippen LogP) is 12.6. The molecule has 0 aromatic rings. The van der Waals surface area contributed by atoms with Gasteiger partial charge in [0.2, 0.25) is 0 Å². The van der Waals surface area contributed by atoms with Crippen LogP contribution in [-0.4, -0.2) is 92.0 Å². The van der Waals surface area contributed by atoms with E-state index in [9.17, 15) is 29.6 Å². The summed E-state index contributed by atoms with van der Waals surface area (Å²) in [5.74, 6) is -5.81. The number of hydroxylamine groups is 4. The van der Waals surface area contributed by atoms with Gasteiger partial charge in [-0.3, -0.25) is 19.2 Å². The molecule has 0 aromatic carbocycles. The van der Waals surface area contributed by atoms with Gasteiger partial charge in [0.05, 0.1) is 49.0 Å². The highest BCUT2D eigenvalue weighted by Gasteiger charge is 2.52. The Bertz CT molecular complexity index is 1350. The van der Waals surface area contributed by atoms with Crippen molar-refractivity contribution in [3.63, 3.8) is 0 Å². The van der Waals surface area contributed by atoms with Gasteiger partial charge in [0.1, 0.15) is 12.2 Å². The van der Waals surface area contributed by atoms with E-state index >= 15 is 0 Å². The summed E-state index contributed by atoms with van der Waals surface area (Å²) in [6.45, 7) is 19.6. The number of unbranched alkanes of at least 4 members (excludes halogenated alkanes) is 20. The first-order valence-corrected chi connectivity index (χ1v) is 25.9. The van der Waals surface area contributed by atoms with E-state index in [0.717, 1.165) is 38.5 Å². The largest absolute Gasteiger partial charge is 0.466 e. The number of piperidine rings is 2. The average molecular weight is 909 g/mol. The van der Waals surface area contributed by atoms with Crippen molar-refractivity contribution in [3.8, 4) is 0 Å². The van der Waals surface area contributed by atoms with Gasteiger partial charge in [-0.15, -0.1) is 0 Å². The second kappa shape index (κ2) is 29.5. The van der Waals surface area contributed by atoms with Crippen LogP contribution in [0.25, 0.3) is 0 Å². The second-order valence-electron chi connectivity index (χ2n) is 21.6.